The number of rotatable bonds is 8. The first kappa shape index (κ1) is 25.5. The number of nitrogens with zero attached hydrogens (tertiary/aromatic N) is 1. The molecule has 0 fully saturated rings. The highest BCUT2D eigenvalue weighted by molar-refractivity contribution is 7.92. The Labute approximate surface area is 201 Å². The summed E-state index contributed by atoms with van der Waals surface area (Å²) in [5.41, 5.74) is 3.49. The first-order chi connectivity index (χ1) is 15.9. The highest BCUT2D eigenvalue weighted by Crippen LogP contribution is 2.23. The van der Waals surface area contributed by atoms with Gasteiger partial charge in [-0.25, -0.2) is 16.8 Å². The van der Waals surface area contributed by atoms with Gasteiger partial charge in [-0.1, -0.05) is 36.4 Å². The van der Waals surface area contributed by atoms with Gasteiger partial charge in [-0.3, -0.25) is 9.10 Å². The predicted octanol–water partition coefficient (Wildman–Crippen LogP) is 3.86. The van der Waals surface area contributed by atoms with E-state index >= 15 is 0 Å². The number of sulfonamides is 1. The van der Waals surface area contributed by atoms with Gasteiger partial charge in [-0.05, 0) is 66.9 Å². The van der Waals surface area contributed by atoms with Crippen molar-refractivity contribution < 1.29 is 21.6 Å². The minimum absolute atomic E-state index is 0.192. The summed E-state index contributed by atoms with van der Waals surface area (Å²) >= 11 is 0. The summed E-state index contributed by atoms with van der Waals surface area (Å²) in [7, 11) is -6.83. The lowest BCUT2D eigenvalue weighted by Crippen LogP contribution is -2.30. The fourth-order valence-electron chi connectivity index (χ4n) is 3.49. The van der Waals surface area contributed by atoms with Crippen molar-refractivity contribution in [2.24, 2.45) is 0 Å². The monoisotopic (exact) mass is 500 g/mol. The lowest BCUT2D eigenvalue weighted by Gasteiger charge is -2.23. The van der Waals surface area contributed by atoms with E-state index in [1.807, 2.05) is 31.2 Å². The molecule has 9 heteroatoms. The largest absolute Gasteiger partial charge is 0.346 e. The minimum atomic E-state index is -3.55. The lowest BCUT2D eigenvalue weighted by molar-refractivity contribution is 0.0940. The molecule has 0 heterocycles. The summed E-state index contributed by atoms with van der Waals surface area (Å²) in [4.78, 5) is 12.9. The van der Waals surface area contributed by atoms with Gasteiger partial charge in [0.1, 0.15) is 0 Å². The van der Waals surface area contributed by atoms with E-state index in [9.17, 15) is 21.6 Å². The van der Waals surface area contributed by atoms with E-state index < -0.39 is 19.9 Å². The van der Waals surface area contributed by atoms with Crippen LogP contribution in [-0.4, -0.2) is 35.3 Å². The van der Waals surface area contributed by atoms with Crippen molar-refractivity contribution in [2.75, 3.05) is 16.8 Å². The lowest BCUT2D eigenvalue weighted by atomic mass is 10.1. The molecule has 0 aliphatic heterocycles. The highest BCUT2D eigenvalue weighted by atomic mass is 32.2. The number of aryl methyl sites for hydroxylation is 1. The Kier molecular flexibility index (Phi) is 7.48. The predicted molar refractivity (Wildman–Crippen MR) is 134 cm³/mol. The molecule has 0 aromatic heterocycles. The molecule has 0 unspecified atom stereocenters. The third-order valence-electron chi connectivity index (χ3n) is 5.55. The van der Waals surface area contributed by atoms with Crippen LogP contribution in [0.15, 0.2) is 77.7 Å². The van der Waals surface area contributed by atoms with Crippen molar-refractivity contribution in [2.45, 2.75) is 31.3 Å². The van der Waals surface area contributed by atoms with Gasteiger partial charge in [0.15, 0.2) is 9.84 Å². The Morgan fingerprint density at radius 3 is 2.00 bits per heavy atom. The third-order valence-corrected chi connectivity index (χ3v) is 7.82. The molecule has 0 spiro atoms. The van der Waals surface area contributed by atoms with Crippen molar-refractivity contribution in [3.63, 3.8) is 0 Å². The quantitative estimate of drug-likeness (QED) is 0.506. The molecule has 0 aliphatic rings. The average Bonchev–Trinajstić information content (AvgIpc) is 2.77. The summed E-state index contributed by atoms with van der Waals surface area (Å²) < 4.78 is 49.5. The summed E-state index contributed by atoms with van der Waals surface area (Å²) in [6, 6.07) is 20.0. The second kappa shape index (κ2) is 9.99. The fourth-order valence-corrected chi connectivity index (χ4v) is 5.00. The van der Waals surface area contributed by atoms with E-state index in [1.54, 1.807) is 43.3 Å². The van der Waals surface area contributed by atoms with Crippen molar-refractivity contribution in [3.8, 4) is 0 Å². The van der Waals surface area contributed by atoms with Crippen LogP contribution in [0.5, 0.6) is 0 Å². The highest BCUT2D eigenvalue weighted by Gasteiger charge is 2.20. The fraction of sp³-hybridized carbons (Fsp3) is 0.240. The molecule has 1 atom stereocenters. The van der Waals surface area contributed by atoms with Crippen molar-refractivity contribution >= 4 is 31.5 Å². The minimum Gasteiger partial charge on any atom is -0.346 e. The molecule has 3 aromatic carbocycles. The second-order valence-corrected chi connectivity index (χ2v) is 12.2. The number of benzene rings is 3. The van der Waals surface area contributed by atoms with E-state index in [0.717, 1.165) is 29.2 Å². The van der Waals surface area contributed by atoms with Crippen LogP contribution in [0.25, 0.3) is 0 Å². The molecule has 0 saturated heterocycles. The van der Waals surface area contributed by atoms with Gasteiger partial charge < -0.3 is 5.32 Å². The van der Waals surface area contributed by atoms with Gasteiger partial charge in [-0.2, -0.15) is 0 Å². The van der Waals surface area contributed by atoms with Crippen LogP contribution >= 0.6 is 0 Å². The van der Waals surface area contributed by atoms with E-state index in [0.29, 0.717) is 11.3 Å². The molecule has 3 rings (SSSR count). The number of amides is 1. The number of hydrogen-bond donors (Lipinski definition) is 1. The number of hydrogen-bond acceptors (Lipinski definition) is 5. The van der Waals surface area contributed by atoms with Crippen LogP contribution in [0.3, 0.4) is 0 Å². The molecule has 0 aliphatic carbocycles. The normalized spacial score (nSPS) is 12.7. The Bertz CT molecular complexity index is 1380. The molecule has 0 saturated carbocycles. The van der Waals surface area contributed by atoms with Crippen molar-refractivity contribution in [1.82, 2.24) is 5.32 Å². The Balaban J connectivity index is 1.75. The van der Waals surface area contributed by atoms with E-state index in [2.05, 4.69) is 5.32 Å². The number of nitrogens with one attached hydrogen (secondary N) is 1. The summed E-state index contributed by atoms with van der Waals surface area (Å²) in [5.74, 6) is -0.323. The maximum atomic E-state index is 12.7. The molecule has 34 heavy (non-hydrogen) atoms. The molecular weight excluding hydrogens is 472 g/mol. The molecule has 7 nitrogen and oxygen atoms in total. The summed E-state index contributed by atoms with van der Waals surface area (Å²) in [5, 5.41) is 2.88. The van der Waals surface area contributed by atoms with Crippen LogP contribution in [-0.2, 0) is 26.4 Å². The van der Waals surface area contributed by atoms with E-state index in [1.165, 1.54) is 16.4 Å². The zero-order valence-corrected chi connectivity index (χ0v) is 21.2. The maximum Gasteiger partial charge on any atom is 0.251 e. The van der Waals surface area contributed by atoms with Gasteiger partial charge in [-0.15, -0.1) is 0 Å². The first-order valence-corrected chi connectivity index (χ1v) is 14.3. The molecule has 0 radical (unpaired) electrons. The molecule has 1 N–H and O–H groups in total. The molecule has 3 aromatic rings. The van der Waals surface area contributed by atoms with Gasteiger partial charge in [0, 0.05) is 11.8 Å². The summed E-state index contributed by atoms with van der Waals surface area (Å²) in [6.07, 6.45) is 2.30. The number of anilines is 1. The van der Waals surface area contributed by atoms with Gasteiger partial charge in [0.2, 0.25) is 10.0 Å². The SMILES string of the molecule is Cc1ccccc1CN(c1ccc(C(=O)N[C@H](C)c2ccc(S(C)(=O)=O)cc2)cc1)S(C)(=O)=O. The Hall–Kier alpha value is -3.17. The molecule has 180 valence electrons. The zero-order chi connectivity index (χ0) is 25.1. The smallest absolute Gasteiger partial charge is 0.251 e. The van der Waals surface area contributed by atoms with Crippen LogP contribution in [0.1, 0.15) is 40.0 Å². The Morgan fingerprint density at radius 2 is 1.47 bits per heavy atom. The molecule has 1 amide bonds. The first-order valence-electron chi connectivity index (χ1n) is 10.6. The van der Waals surface area contributed by atoms with E-state index in [-0.39, 0.29) is 23.4 Å². The molecular formula is C25H28N2O5S2. The van der Waals surface area contributed by atoms with Gasteiger partial charge in [0.05, 0.1) is 29.4 Å². The zero-order valence-electron chi connectivity index (χ0n) is 19.5. The third kappa shape index (κ3) is 6.24. The van der Waals surface area contributed by atoms with Gasteiger partial charge in [0.25, 0.3) is 5.91 Å². The second-order valence-electron chi connectivity index (χ2n) is 8.28. The van der Waals surface area contributed by atoms with Crippen LogP contribution in [0.4, 0.5) is 5.69 Å². The van der Waals surface area contributed by atoms with Crippen LogP contribution < -0.4 is 9.62 Å². The van der Waals surface area contributed by atoms with Crippen LogP contribution in [0.2, 0.25) is 0 Å². The molecule has 0 bridgehead atoms. The number of sulfone groups is 1. The number of carbonyl (C=O) groups excluding carboxylic acids is 1. The van der Waals surface area contributed by atoms with Crippen molar-refractivity contribution in [3.05, 3.63) is 95.1 Å². The van der Waals surface area contributed by atoms with E-state index in [4.69, 9.17) is 0 Å². The topological polar surface area (TPSA) is 101 Å². The van der Waals surface area contributed by atoms with Gasteiger partial charge >= 0.3 is 0 Å². The Morgan fingerprint density at radius 1 is 0.882 bits per heavy atom. The van der Waals surface area contributed by atoms with Crippen LogP contribution in [0, 0.1) is 6.92 Å². The average molecular weight is 501 g/mol. The number of carbonyl (C=O) groups is 1. The summed E-state index contributed by atoms with van der Waals surface area (Å²) in [6.45, 7) is 3.92. The van der Waals surface area contributed by atoms with Crippen molar-refractivity contribution in [1.29, 1.82) is 0 Å². The standard InChI is InChI=1S/C25H28N2O5S2/c1-18-7-5-6-8-22(18)17-27(34(4,31)32)23-13-9-21(10-14-23)25(28)26-19(2)20-11-15-24(16-12-20)33(3,29)30/h5-16,19H,17H2,1-4H3,(H,26,28)/t19-/m1/s1. The maximum absolute atomic E-state index is 12.7.